The highest BCUT2D eigenvalue weighted by atomic mass is 32.2. The van der Waals surface area contributed by atoms with Crippen LogP contribution < -0.4 is 0 Å². The normalized spacial score (nSPS) is 21.0. The van der Waals surface area contributed by atoms with Gasteiger partial charge in [-0.25, -0.2) is 8.42 Å². The van der Waals surface area contributed by atoms with E-state index in [0.717, 1.165) is 24.9 Å². The minimum Gasteiger partial charge on any atom is -0.294 e. The highest BCUT2D eigenvalue weighted by Gasteiger charge is 2.32. The van der Waals surface area contributed by atoms with Gasteiger partial charge in [0.25, 0.3) is 0 Å². The van der Waals surface area contributed by atoms with Gasteiger partial charge in [0.2, 0.25) is 0 Å². The molecule has 1 aromatic carbocycles. The van der Waals surface area contributed by atoms with Crippen molar-refractivity contribution in [3.8, 4) is 0 Å². The van der Waals surface area contributed by atoms with Gasteiger partial charge < -0.3 is 0 Å². The van der Waals surface area contributed by atoms with Crippen LogP contribution in [-0.2, 0) is 23.3 Å². The van der Waals surface area contributed by atoms with Gasteiger partial charge in [-0.15, -0.1) is 0 Å². The topological polar surface area (TPSA) is 55.2 Å². The lowest BCUT2D eigenvalue weighted by Gasteiger charge is -2.35. The molecule has 0 aliphatic carbocycles. The average molecular weight is 347 g/mol. The van der Waals surface area contributed by atoms with Crippen LogP contribution in [0.4, 0.5) is 0 Å². The van der Waals surface area contributed by atoms with Crippen LogP contribution in [-0.4, -0.2) is 47.7 Å². The summed E-state index contributed by atoms with van der Waals surface area (Å²) < 4.78 is 25.9. The summed E-state index contributed by atoms with van der Waals surface area (Å²) in [5.41, 5.74) is 3.61. The first-order chi connectivity index (χ1) is 11.4. The molecule has 0 N–H and O–H groups in total. The number of sulfone groups is 1. The number of aryl methyl sites for hydroxylation is 3. The summed E-state index contributed by atoms with van der Waals surface area (Å²) in [6.45, 7) is 3.61. The molecule has 1 saturated heterocycles. The fraction of sp³-hybridized carbons (Fsp3) is 0.500. The second kappa shape index (κ2) is 7.07. The Labute approximate surface area is 144 Å². The quantitative estimate of drug-likeness (QED) is 0.831. The second-order valence-corrected chi connectivity index (χ2v) is 8.93. The molecule has 0 bridgehead atoms. The van der Waals surface area contributed by atoms with Gasteiger partial charge in [0, 0.05) is 25.4 Å². The molecule has 5 nitrogen and oxygen atoms in total. The summed E-state index contributed by atoms with van der Waals surface area (Å²) in [7, 11) is -1.10. The van der Waals surface area contributed by atoms with Gasteiger partial charge in [-0.2, -0.15) is 5.10 Å². The molecule has 0 unspecified atom stereocenters. The lowest BCUT2D eigenvalue weighted by molar-refractivity contribution is 0.212. The lowest BCUT2D eigenvalue weighted by Crippen LogP contribution is -2.43. The predicted octanol–water partition coefficient (Wildman–Crippen LogP) is 2.13. The van der Waals surface area contributed by atoms with Gasteiger partial charge in [0.15, 0.2) is 9.84 Å². The Morgan fingerprint density at radius 2 is 2.00 bits per heavy atom. The number of hydrogen-bond donors (Lipinski definition) is 0. The maximum absolute atomic E-state index is 12.1. The third-order valence-electron chi connectivity index (χ3n) is 4.68. The van der Waals surface area contributed by atoms with E-state index in [1.165, 1.54) is 11.1 Å². The van der Waals surface area contributed by atoms with Gasteiger partial charge in [-0.1, -0.05) is 29.8 Å². The largest absolute Gasteiger partial charge is 0.294 e. The van der Waals surface area contributed by atoms with E-state index < -0.39 is 9.84 Å². The van der Waals surface area contributed by atoms with E-state index in [0.29, 0.717) is 6.54 Å². The van der Waals surface area contributed by atoms with Crippen LogP contribution >= 0.6 is 0 Å². The molecule has 3 rings (SSSR count). The predicted molar refractivity (Wildman–Crippen MR) is 95.7 cm³/mol. The molecule has 0 saturated carbocycles. The Balaban J connectivity index is 1.65. The van der Waals surface area contributed by atoms with Crippen LogP contribution in [0.3, 0.4) is 0 Å². The number of rotatable bonds is 5. The number of benzene rings is 1. The van der Waals surface area contributed by atoms with Crippen molar-refractivity contribution >= 4 is 9.84 Å². The maximum Gasteiger partial charge on any atom is 0.153 e. The van der Waals surface area contributed by atoms with Crippen molar-refractivity contribution in [2.24, 2.45) is 7.05 Å². The molecule has 0 radical (unpaired) electrons. The smallest absolute Gasteiger partial charge is 0.153 e. The zero-order valence-corrected chi connectivity index (χ0v) is 15.2. The Morgan fingerprint density at radius 1 is 1.25 bits per heavy atom. The molecule has 130 valence electrons. The molecular formula is C18H25N3O2S. The number of hydrogen-bond acceptors (Lipinski definition) is 4. The molecule has 2 heterocycles. The van der Waals surface area contributed by atoms with Crippen LogP contribution in [0.1, 0.15) is 29.2 Å². The molecule has 6 heteroatoms. The molecule has 0 amide bonds. The highest BCUT2D eigenvalue weighted by Crippen LogP contribution is 2.26. The van der Waals surface area contributed by atoms with Crippen LogP contribution in [0, 0.1) is 6.92 Å². The van der Waals surface area contributed by atoms with Crippen molar-refractivity contribution < 1.29 is 8.42 Å². The standard InChI is InChI=1S/C18H25N3O2S/c1-15-5-7-16(8-6-15)4-3-9-21-10-11-24(22,23)14-18(21)17-12-19-20(2)13-17/h5-8,12-13,18H,3-4,9-11,14H2,1-2H3/t18-/m0/s1. The maximum atomic E-state index is 12.1. The van der Waals surface area contributed by atoms with Gasteiger partial charge in [0.05, 0.1) is 23.7 Å². The van der Waals surface area contributed by atoms with Crippen LogP contribution in [0.2, 0.25) is 0 Å². The molecule has 1 aliphatic heterocycles. The number of aromatic nitrogens is 2. The van der Waals surface area contributed by atoms with Crippen LogP contribution in [0.25, 0.3) is 0 Å². The first-order valence-electron chi connectivity index (χ1n) is 8.41. The Bertz CT molecular complexity index is 781. The van der Waals surface area contributed by atoms with E-state index >= 15 is 0 Å². The summed E-state index contributed by atoms with van der Waals surface area (Å²) in [5.74, 6) is 0.456. The van der Waals surface area contributed by atoms with Gasteiger partial charge in [-0.3, -0.25) is 9.58 Å². The van der Waals surface area contributed by atoms with Crippen molar-refractivity contribution in [1.29, 1.82) is 0 Å². The minimum absolute atomic E-state index is 0.0736. The summed E-state index contributed by atoms with van der Waals surface area (Å²) in [6, 6.07) is 8.56. The molecule has 1 aromatic heterocycles. The molecule has 0 spiro atoms. The van der Waals surface area contributed by atoms with E-state index in [2.05, 4.69) is 41.2 Å². The van der Waals surface area contributed by atoms with Gasteiger partial charge in [-0.05, 0) is 31.9 Å². The summed E-state index contributed by atoms with van der Waals surface area (Å²) in [6.07, 6.45) is 5.76. The van der Waals surface area contributed by atoms with E-state index in [-0.39, 0.29) is 17.5 Å². The molecule has 2 aromatic rings. The van der Waals surface area contributed by atoms with Crippen LogP contribution in [0.15, 0.2) is 36.7 Å². The Morgan fingerprint density at radius 3 is 2.67 bits per heavy atom. The van der Waals surface area contributed by atoms with Crippen molar-refractivity contribution in [1.82, 2.24) is 14.7 Å². The lowest BCUT2D eigenvalue weighted by atomic mass is 10.1. The van der Waals surface area contributed by atoms with Crippen molar-refractivity contribution in [3.63, 3.8) is 0 Å². The average Bonchev–Trinajstić information content (AvgIpc) is 2.97. The zero-order chi connectivity index (χ0) is 17.2. The van der Waals surface area contributed by atoms with E-state index in [4.69, 9.17) is 0 Å². The number of nitrogens with zero attached hydrogens (tertiary/aromatic N) is 3. The third kappa shape index (κ3) is 4.24. The second-order valence-electron chi connectivity index (χ2n) is 6.70. The first kappa shape index (κ1) is 17.2. The fourth-order valence-corrected chi connectivity index (χ4v) is 4.83. The van der Waals surface area contributed by atoms with Gasteiger partial charge >= 0.3 is 0 Å². The molecular weight excluding hydrogens is 322 g/mol. The Hall–Kier alpha value is -1.66. The van der Waals surface area contributed by atoms with E-state index in [1.807, 2.05) is 13.2 Å². The highest BCUT2D eigenvalue weighted by molar-refractivity contribution is 7.91. The fourth-order valence-electron chi connectivity index (χ4n) is 3.27. The van der Waals surface area contributed by atoms with E-state index in [9.17, 15) is 8.42 Å². The molecule has 24 heavy (non-hydrogen) atoms. The molecule has 1 fully saturated rings. The monoisotopic (exact) mass is 347 g/mol. The first-order valence-corrected chi connectivity index (χ1v) is 10.2. The molecule has 1 aliphatic rings. The van der Waals surface area contributed by atoms with Crippen molar-refractivity contribution in [2.45, 2.75) is 25.8 Å². The third-order valence-corrected chi connectivity index (χ3v) is 6.31. The van der Waals surface area contributed by atoms with E-state index in [1.54, 1.807) is 10.9 Å². The van der Waals surface area contributed by atoms with Crippen molar-refractivity contribution in [3.05, 3.63) is 53.3 Å². The summed E-state index contributed by atoms with van der Waals surface area (Å²) >= 11 is 0. The van der Waals surface area contributed by atoms with Crippen LogP contribution in [0.5, 0.6) is 0 Å². The zero-order valence-electron chi connectivity index (χ0n) is 14.4. The Kier molecular flexibility index (Phi) is 5.06. The SMILES string of the molecule is Cc1ccc(CCCN2CCS(=O)(=O)C[C@H]2c2cnn(C)c2)cc1. The van der Waals surface area contributed by atoms with Gasteiger partial charge in [0.1, 0.15) is 0 Å². The minimum atomic E-state index is -2.96. The molecule has 1 atom stereocenters. The van der Waals surface area contributed by atoms with Crippen molar-refractivity contribution in [2.75, 3.05) is 24.6 Å². The summed E-state index contributed by atoms with van der Waals surface area (Å²) in [5, 5.41) is 4.21. The summed E-state index contributed by atoms with van der Waals surface area (Å²) in [4.78, 5) is 2.30.